The van der Waals surface area contributed by atoms with Crippen LogP contribution in [0.2, 0.25) is 0 Å². The molecule has 2 aliphatic rings. The van der Waals surface area contributed by atoms with Crippen LogP contribution in [-0.2, 0) is 20.1 Å². The summed E-state index contributed by atoms with van der Waals surface area (Å²) in [7, 11) is -6.16. The first-order valence-corrected chi connectivity index (χ1v) is 12.4. The Bertz CT molecular complexity index is 1280. The summed E-state index contributed by atoms with van der Waals surface area (Å²) >= 11 is 0. The zero-order valence-electron chi connectivity index (χ0n) is 16.6. The minimum Gasteiger partial charge on any atom is -0.495 e. The number of hydrogen-bond donors (Lipinski definition) is 1. The lowest BCUT2D eigenvalue weighted by Crippen LogP contribution is -2.28. The summed E-state index contributed by atoms with van der Waals surface area (Å²) in [6.07, 6.45) is 2.96. The van der Waals surface area contributed by atoms with Crippen molar-refractivity contribution in [1.29, 1.82) is 0 Å². The van der Waals surface area contributed by atoms with Gasteiger partial charge in [-0.05, 0) is 55.3 Å². The van der Waals surface area contributed by atoms with Gasteiger partial charge >= 0.3 is 10.1 Å². The highest BCUT2D eigenvalue weighted by Gasteiger charge is 2.30. The second kappa shape index (κ2) is 7.98. The molecule has 2 aromatic carbocycles. The molecule has 1 N–H and O–H groups in total. The van der Waals surface area contributed by atoms with E-state index in [4.69, 9.17) is 8.92 Å². The van der Waals surface area contributed by atoms with E-state index >= 15 is 0 Å². The summed E-state index contributed by atoms with van der Waals surface area (Å²) in [5.74, 6) is -0.196. The number of anilines is 1. The van der Waals surface area contributed by atoms with Gasteiger partial charge in [0.1, 0.15) is 16.4 Å². The molecule has 31 heavy (non-hydrogen) atoms. The van der Waals surface area contributed by atoms with E-state index in [0.717, 1.165) is 18.2 Å². The Morgan fingerprint density at radius 2 is 1.87 bits per heavy atom. The molecule has 4 rings (SSSR count). The molecule has 2 heterocycles. The Morgan fingerprint density at radius 3 is 2.58 bits per heavy atom. The summed E-state index contributed by atoms with van der Waals surface area (Å²) < 4.78 is 60.4. The molecule has 0 aromatic heterocycles. The third-order valence-corrected chi connectivity index (χ3v) is 7.80. The van der Waals surface area contributed by atoms with E-state index in [-0.39, 0.29) is 22.0 Å². The van der Waals surface area contributed by atoms with Gasteiger partial charge < -0.3 is 14.2 Å². The number of carbonyl (C=O) groups excluding carboxylic acids is 1. The molecule has 0 unspecified atom stereocenters. The van der Waals surface area contributed by atoms with Crippen molar-refractivity contribution >= 4 is 37.8 Å². The lowest BCUT2D eigenvalue weighted by atomic mass is 10.1. The van der Waals surface area contributed by atoms with Gasteiger partial charge in [-0.1, -0.05) is 0 Å². The average Bonchev–Trinajstić information content (AvgIpc) is 3.29. The number of amides is 1. The number of fused-ring (bicyclic) bond motifs is 1. The van der Waals surface area contributed by atoms with Crippen LogP contribution in [0.15, 0.2) is 46.7 Å². The minimum absolute atomic E-state index is 0.0588. The quantitative estimate of drug-likeness (QED) is 0.675. The SMILES string of the molecule is COc1ccc(C(=O)Nc2ccc3c(c2)C=CS(=O)(=O)O3)cc1S(=O)(=O)N1CCCC1. The fourth-order valence-corrected chi connectivity index (χ4v) is 5.90. The maximum absolute atomic E-state index is 13.0. The monoisotopic (exact) mass is 464 g/mol. The first kappa shape index (κ1) is 21.3. The maximum Gasteiger partial charge on any atom is 0.332 e. The Morgan fingerprint density at radius 1 is 1.13 bits per heavy atom. The smallest absolute Gasteiger partial charge is 0.332 e. The maximum atomic E-state index is 13.0. The number of sulfonamides is 1. The molecule has 0 saturated carbocycles. The van der Waals surface area contributed by atoms with E-state index < -0.39 is 26.0 Å². The predicted molar refractivity (Wildman–Crippen MR) is 114 cm³/mol. The molecule has 1 saturated heterocycles. The van der Waals surface area contributed by atoms with Crippen LogP contribution >= 0.6 is 0 Å². The molecule has 0 radical (unpaired) electrons. The second-order valence-corrected chi connectivity index (χ2v) is 10.4. The molecule has 0 atom stereocenters. The van der Waals surface area contributed by atoms with Crippen molar-refractivity contribution in [2.75, 3.05) is 25.5 Å². The molecular formula is C20H20N2O7S2. The highest BCUT2D eigenvalue weighted by atomic mass is 32.2. The van der Waals surface area contributed by atoms with E-state index in [1.54, 1.807) is 6.07 Å². The number of nitrogens with one attached hydrogen (secondary N) is 1. The van der Waals surface area contributed by atoms with E-state index in [1.807, 2.05) is 0 Å². The van der Waals surface area contributed by atoms with Gasteiger partial charge in [0, 0.05) is 29.9 Å². The molecule has 0 aliphatic carbocycles. The molecule has 2 aliphatic heterocycles. The van der Waals surface area contributed by atoms with Crippen molar-refractivity contribution in [2.45, 2.75) is 17.7 Å². The average molecular weight is 465 g/mol. The molecule has 1 fully saturated rings. The summed E-state index contributed by atoms with van der Waals surface area (Å²) in [4.78, 5) is 12.7. The van der Waals surface area contributed by atoms with Crippen molar-refractivity contribution in [2.24, 2.45) is 0 Å². The number of ether oxygens (including phenoxy) is 1. The molecule has 11 heteroatoms. The minimum atomic E-state index is -3.79. The van der Waals surface area contributed by atoms with E-state index in [1.165, 1.54) is 47.8 Å². The lowest BCUT2D eigenvalue weighted by molar-refractivity contribution is 0.102. The molecule has 0 bridgehead atoms. The summed E-state index contributed by atoms with van der Waals surface area (Å²) in [6, 6.07) is 8.72. The van der Waals surface area contributed by atoms with Crippen molar-refractivity contribution in [1.82, 2.24) is 4.31 Å². The van der Waals surface area contributed by atoms with Gasteiger partial charge in [0.15, 0.2) is 0 Å². The van der Waals surface area contributed by atoms with Gasteiger partial charge in [-0.15, -0.1) is 0 Å². The molecule has 1 amide bonds. The first-order chi connectivity index (χ1) is 14.7. The summed E-state index contributed by atoms with van der Waals surface area (Å²) in [5, 5.41) is 3.62. The Labute approximate surface area is 180 Å². The van der Waals surface area contributed by atoms with Gasteiger partial charge in [0.2, 0.25) is 10.0 Å². The molecular weight excluding hydrogens is 444 g/mol. The Balaban J connectivity index is 1.61. The fourth-order valence-electron chi connectivity index (χ4n) is 3.43. The number of hydrogen-bond acceptors (Lipinski definition) is 7. The second-order valence-electron chi connectivity index (χ2n) is 7.06. The molecule has 164 valence electrons. The Hall–Kier alpha value is -2.89. The van der Waals surface area contributed by atoms with Gasteiger partial charge in [0.25, 0.3) is 5.91 Å². The van der Waals surface area contributed by atoms with Crippen molar-refractivity contribution in [3.05, 3.63) is 52.9 Å². The van der Waals surface area contributed by atoms with Crippen LogP contribution in [0.3, 0.4) is 0 Å². The standard InChI is InChI=1S/C20H20N2O7S2/c1-28-18-6-4-15(13-19(18)31(26,27)22-9-2-3-10-22)20(23)21-16-5-7-17-14(12-16)8-11-30(24,25)29-17/h4-8,11-13H,2-3,9-10H2,1H3,(H,21,23). The molecule has 0 spiro atoms. The fraction of sp³-hybridized carbons (Fsp3) is 0.250. The van der Waals surface area contributed by atoms with Crippen molar-refractivity contribution < 1.29 is 30.6 Å². The van der Waals surface area contributed by atoms with Gasteiger partial charge in [-0.2, -0.15) is 12.7 Å². The molecule has 2 aromatic rings. The Kier molecular flexibility index (Phi) is 5.50. The molecule has 9 nitrogen and oxygen atoms in total. The third kappa shape index (κ3) is 4.29. The highest BCUT2D eigenvalue weighted by molar-refractivity contribution is 7.90. The van der Waals surface area contributed by atoms with Crippen molar-refractivity contribution in [3.63, 3.8) is 0 Å². The highest BCUT2D eigenvalue weighted by Crippen LogP contribution is 2.31. The normalized spacial score (nSPS) is 17.6. The van der Waals surface area contributed by atoms with E-state index in [2.05, 4.69) is 5.32 Å². The van der Waals surface area contributed by atoms with Crippen molar-refractivity contribution in [3.8, 4) is 11.5 Å². The summed E-state index contributed by atoms with van der Waals surface area (Å²) in [6.45, 7) is 0.866. The number of carbonyl (C=O) groups is 1. The van der Waals surface area contributed by atoms with Crippen LogP contribution in [0.1, 0.15) is 28.8 Å². The zero-order valence-corrected chi connectivity index (χ0v) is 18.2. The van der Waals surface area contributed by atoms with Crippen LogP contribution < -0.4 is 14.2 Å². The number of rotatable bonds is 5. The van der Waals surface area contributed by atoms with Crippen LogP contribution in [-0.4, -0.2) is 47.2 Å². The topological polar surface area (TPSA) is 119 Å². The number of nitrogens with zero attached hydrogens (tertiary/aromatic N) is 1. The lowest BCUT2D eigenvalue weighted by Gasteiger charge is -2.18. The van der Waals surface area contributed by atoms with E-state index in [9.17, 15) is 21.6 Å². The third-order valence-electron chi connectivity index (χ3n) is 5.00. The largest absolute Gasteiger partial charge is 0.495 e. The number of benzene rings is 2. The van der Waals surface area contributed by atoms with Gasteiger partial charge in [-0.25, -0.2) is 8.42 Å². The predicted octanol–water partition coefficient (Wildman–Crippen LogP) is 2.42. The van der Waals surface area contributed by atoms with Crippen LogP contribution in [0.25, 0.3) is 6.08 Å². The van der Waals surface area contributed by atoms with Crippen LogP contribution in [0, 0.1) is 0 Å². The van der Waals surface area contributed by atoms with Gasteiger partial charge in [0.05, 0.1) is 12.5 Å². The van der Waals surface area contributed by atoms with Crippen LogP contribution in [0.4, 0.5) is 5.69 Å². The van der Waals surface area contributed by atoms with E-state index in [0.29, 0.717) is 24.3 Å². The van der Waals surface area contributed by atoms with Gasteiger partial charge in [-0.3, -0.25) is 4.79 Å². The summed E-state index contributed by atoms with van der Waals surface area (Å²) in [5.41, 5.74) is 1.03. The first-order valence-electron chi connectivity index (χ1n) is 9.46. The van der Waals surface area contributed by atoms with Crippen LogP contribution in [0.5, 0.6) is 11.5 Å². The number of methoxy groups -OCH3 is 1. The zero-order chi connectivity index (χ0) is 22.2.